The van der Waals surface area contributed by atoms with Crippen molar-refractivity contribution >= 4 is 23.5 Å². The summed E-state index contributed by atoms with van der Waals surface area (Å²) in [7, 11) is 0. The van der Waals surface area contributed by atoms with Crippen LogP contribution in [0.2, 0.25) is 5.02 Å². The van der Waals surface area contributed by atoms with Crippen molar-refractivity contribution in [3.05, 3.63) is 34.9 Å². The molecule has 0 aliphatic rings. The number of carbonyl (C=O) groups is 2. The van der Waals surface area contributed by atoms with Gasteiger partial charge in [-0.15, -0.1) is 0 Å². The van der Waals surface area contributed by atoms with E-state index < -0.39 is 0 Å². The van der Waals surface area contributed by atoms with Gasteiger partial charge in [-0.25, -0.2) is 0 Å². The van der Waals surface area contributed by atoms with Crippen LogP contribution in [0.4, 0.5) is 0 Å². The molecule has 1 rings (SSSR count). The lowest BCUT2D eigenvalue weighted by Crippen LogP contribution is -2.11. The highest BCUT2D eigenvalue weighted by Crippen LogP contribution is 2.11. The lowest BCUT2D eigenvalue weighted by atomic mass is 10.2. The molecule has 0 atom stereocenters. The van der Waals surface area contributed by atoms with E-state index in [-0.39, 0.29) is 24.8 Å². The molecule has 0 saturated heterocycles. The molecule has 0 aliphatic heterocycles. The van der Waals surface area contributed by atoms with Gasteiger partial charge >= 0.3 is 11.9 Å². The highest BCUT2D eigenvalue weighted by Gasteiger charge is 2.08. The highest BCUT2D eigenvalue weighted by molar-refractivity contribution is 6.30. The van der Waals surface area contributed by atoms with Crippen molar-refractivity contribution in [1.82, 2.24) is 0 Å². The fourth-order valence-electron chi connectivity index (χ4n) is 1.76. The van der Waals surface area contributed by atoms with E-state index in [0.29, 0.717) is 37.0 Å². The molecule has 0 spiro atoms. The summed E-state index contributed by atoms with van der Waals surface area (Å²) in [5.41, 5.74) is 1.03. The maximum Gasteiger partial charge on any atom is 0.305 e. The van der Waals surface area contributed by atoms with E-state index in [2.05, 4.69) is 0 Å². The van der Waals surface area contributed by atoms with Crippen molar-refractivity contribution in [2.24, 2.45) is 5.92 Å². The van der Waals surface area contributed by atoms with Crippen molar-refractivity contribution in [2.45, 2.75) is 39.5 Å². The van der Waals surface area contributed by atoms with Crippen LogP contribution in [0, 0.1) is 5.92 Å². The van der Waals surface area contributed by atoms with Crippen LogP contribution in [-0.4, -0.2) is 25.2 Å². The molecule has 0 amide bonds. The largest absolute Gasteiger partial charge is 0.465 e. The van der Waals surface area contributed by atoms with Gasteiger partial charge in [0, 0.05) is 24.3 Å². The molecule has 0 aliphatic carbocycles. The summed E-state index contributed by atoms with van der Waals surface area (Å²) in [6.07, 6.45) is 1.55. The molecular weight excluding hydrogens is 304 g/mol. The molecule has 1 aromatic carbocycles. The minimum absolute atomic E-state index is 0.228. The third kappa shape index (κ3) is 8.67. The minimum Gasteiger partial charge on any atom is -0.465 e. The van der Waals surface area contributed by atoms with E-state index in [1.165, 1.54) is 0 Å². The summed E-state index contributed by atoms with van der Waals surface area (Å²) in [6, 6.07) is 7.45. The number of hydrogen-bond acceptors (Lipinski definition) is 4. The van der Waals surface area contributed by atoms with Crippen molar-refractivity contribution in [3.63, 3.8) is 0 Å². The lowest BCUT2D eigenvalue weighted by Gasteiger charge is -2.07. The van der Waals surface area contributed by atoms with Crippen molar-refractivity contribution in [3.8, 4) is 0 Å². The highest BCUT2D eigenvalue weighted by atomic mass is 35.5. The summed E-state index contributed by atoms with van der Waals surface area (Å²) >= 11 is 5.88. The summed E-state index contributed by atoms with van der Waals surface area (Å²) in [5.74, 6) is -0.237. The predicted molar refractivity (Wildman–Crippen MR) is 85.8 cm³/mol. The summed E-state index contributed by atoms with van der Waals surface area (Å²) in [6.45, 7) is 4.69. The zero-order chi connectivity index (χ0) is 16.4. The van der Waals surface area contributed by atoms with Crippen LogP contribution < -0.4 is 0 Å². The number of ether oxygens (including phenoxy) is 2. The smallest absolute Gasteiger partial charge is 0.305 e. The predicted octanol–water partition coefficient (Wildman–Crippen LogP) is 3.80. The molecule has 4 nitrogen and oxygen atoms in total. The van der Waals surface area contributed by atoms with Crippen LogP contribution in [0.1, 0.15) is 38.7 Å². The summed E-state index contributed by atoms with van der Waals surface area (Å²) in [5, 5.41) is 0.670. The Morgan fingerprint density at radius 3 is 2.45 bits per heavy atom. The standard InChI is InChI=1S/C17H23ClO4/c1-13(2)12-22-17(20)8-4-7-16(19)21-10-9-14-5-3-6-15(18)11-14/h3,5-6,11,13H,4,7-10,12H2,1-2H3. The molecule has 122 valence electrons. The fraction of sp³-hybridized carbons (Fsp3) is 0.529. The quantitative estimate of drug-likeness (QED) is 0.648. The van der Waals surface area contributed by atoms with Crippen molar-refractivity contribution in [2.75, 3.05) is 13.2 Å². The molecular formula is C17H23ClO4. The van der Waals surface area contributed by atoms with Gasteiger partial charge in [0.1, 0.15) is 0 Å². The maximum absolute atomic E-state index is 11.5. The molecule has 22 heavy (non-hydrogen) atoms. The van der Waals surface area contributed by atoms with Crippen molar-refractivity contribution in [1.29, 1.82) is 0 Å². The first kappa shape index (κ1) is 18.5. The van der Waals surface area contributed by atoms with Crippen LogP contribution in [0.15, 0.2) is 24.3 Å². The molecule has 0 saturated carbocycles. The first-order chi connectivity index (χ1) is 10.5. The third-order valence-corrected chi connectivity index (χ3v) is 3.12. The van der Waals surface area contributed by atoms with Crippen LogP contribution in [0.5, 0.6) is 0 Å². The topological polar surface area (TPSA) is 52.6 Å². The van der Waals surface area contributed by atoms with Gasteiger partial charge in [-0.3, -0.25) is 9.59 Å². The Hall–Kier alpha value is -1.55. The number of esters is 2. The molecule has 0 N–H and O–H groups in total. The monoisotopic (exact) mass is 326 g/mol. The van der Waals surface area contributed by atoms with E-state index in [1.807, 2.05) is 32.0 Å². The second-order valence-corrected chi connectivity index (χ2v) is 5.97. The molecule has 0 fully saturated rings. The molecule has 0 unspecified atom stereocenters. The normalized spacial score (nSPS) is 10.5. The molecule has 5 heteroatoms. The van der Waals surface area contributed by atoms with Crippen molar-refractivity contribution < 1.29 is 19.1 Å². The van der Waals surface area contributed by atoms with Gasteiger partial charge in [-0.05, 0) is 30.0 Å². The SMILES string of the molecule is CC(C)COC(=O)CCCC(=O)OCCc1cccc(Cl)c1. The maximum atomic E-state index is 11.5. The van der Waals surface area contributed by atoms with E-state index >= 15 is 0 Å². The second-order valence-electron chi connectivity index (χ2n) is 5.53. The molecule has 1 aromatic rings. The fourth-order valence-corrected chi connectivity index (χ4v) is 1.97. The Balaban J connectivity index is 2.10. The number of hydrogen-bond donors (Lipinski definition) is 0. The number of benzene rings is 1. The Morgan fingerprint density at radius 1 is 1.14 bits per heavy atom. The number of carbonyl (C=O) groups excluding carboxylic acids is 2. The van der Waals surface area contributed by atoms with E-state index in [1.54, 1.807) is 6.07 Å². The molecule has 0 heterocycles. The van der Waals surface area contributed by atoms with Crippen LogP contribution in [-0.2, 0) is 25.5 Å². The zero-order valence-corrected chi connectivity index (χ0v) is 13.9. The van der Waals surface area contributed by atoms with Gasteiger partial charge in [0.05, 0.1) is 13.2 Å². The average molecular weight is 327 g/mol. The number of rotatable bonds is 9. The van der Waals surface area contributed by atoms with E-state index in [0.717, 1.165) is 5.56 Å². The Morgan fingerprint density at radius 2 is 1.82 bits per heavy atom. The van der Waals surface area contributed by atoms with E-state index in [4.69, 9.17) is 21.1 Å². The average Bonchev–Trinajstić information content (AvgIpc) is 2.45. The van der Waals surface area contributed by atoms with Gasteiger partial charge in [0.2, 0.25) is 0 Å². The second kappa shape index (κ2) is 10.2. The van der Waals surface area contributed by atoms with Crippen LogP contribution in [0.3, 0.4) is 0 Å². The zero-order valence-electron chi connectivity index (χ0n) is 13.1. The minimum atomic E-state index is -0.293. The van der Waals surface area contributed by atoms with Gasteiger partial charge in [-0.2, -0.15) is 0 Å². The van der Waals surface area contributed by atoms with Gasteiger partial charge in [0.15, 0.2) is 0 Å². The lowest BCUT2D eigenvalue weighted by molar-refractivity contribution is -0.146. The van der Waals surface area contributed by atoms with E-state index in [9.17, 15) is 9.59 Å². The van der Waals surface area contributed by atoms with Crippen LogP contribution in [0.25, 0.3) is 0 Å². The van der Waals surface area contributed by atoms with Crippen LogP contribution >= 0.6 is 11.6 Å². The van der Waals surface area contributed by atoms with Gasteiger partial charge in [-0.1, -0.05) is 37.6 Å². The first-order valence-electron chi connectivity index (χ1n) is 7.53. The number of halogens is 1. The third-order valence-electron chi connectivity index (χ3n) is 2.88. The molecule has 0 aromatic heterocycles. The Bertz CT molecular complexity index is 485. The first-order valence-corrected chi connectivity index (χ1v) is 7.91. The van der Waals surface area contributed by atoms with Gasteiger partial charge in [0.25, 0.3) is 0 Å². The Labute approximate surface area is 136 Å². The molecule has 0 radical (unpaired) electrons. The summed E-state index contributed by atoms with van der Waals surface area (Å²) in [4.78, 5) is 22.9. The van der Waals surface area contributed by atoms with Gasteiger partial charge < -0.3 is 9.47 Å². The summed E-state index contributed by atoms with van der Waals surface area (Å²) < 4.78 is 10.2. The Kier molecular flexibility index (Phi) is 8.60. The molecule has 0 bridgehead atoms.